The van der Waals surface area contributed by atoms with Gasteiger partial charge < -0.3 is 14.6 Å². The van der Waals surface area contributed by atoms with Gasteiger partial charge in [-0.2, -0.15) is 13.2 Å². The lowest BCUT2D eigenvalue weighted by atomic mass is 10.1. The second-order valence-corrected chi connectivity index (χ2v) is 4.76. The largest absolute Gasteiger partial charge is 0.493 e. The predicted molar refractivity (Wildman–Crippen MR) is 66.5 cm³/mol. The van der Waals surface area contributed by atoms with Gasteiger partial charge in [0.15, 0.2) is 0 Å². The Morgan fingerprint density at radius 1 is 1.35 bits per heavy atom. The molecule has 1 saturated heterocycles. The SMILES string of the molecule is OCc1ccc(OCCC2CCCO2)c(C(F)(F)F)c1. The molecular weight excluding hydrogens is 273 g/mol. The summed E-state index contributed by atoms with van der Waals surface area (Å²) in [5.74, 6) is -0.201. The third-order valence-electron chi connectivity index (χ3n) is 3.25. The highest BCUT2D eigenvalue weighted by Gasteiger charge is 2.34. The molecule has 0 bridgehead atoms. The van der Waals surface area contributed by atoms with Crippen LogP contribution >= 0.6 is 0 Å². The van der Waals surface area contributed by atoms with Crippen LogP contribution in [0.3, 0.4) is 0 Å². The Morgan fingerprint density at radius 3 is 2.75 bits per heavy atom. The molecule has 1 unspecified atom stereocenters. The van der Waals surface area contributed by atoms with Gasteiger partial charge in [-0.1, -0.05) is 6.07 Å². The number of aliphatic hydroxyl groups is 1. The smallest absolute Gasteiger partial charge is 0.419 e. The van der Waals surface area contributed by atoms with Crippen LogP contribution in [0.2, 0.25) is 0 Å². The standard InChI is InChI=1S/C14H17F3O3/c15-14(16,17)12-8-10(9-18)3-4-13(12)20-7-5-11-2-1-6-19-11/h3-4,8,11,18H,1-2,5-7,9H2. The van der Waals surface area contributed by atoms with Crippen molar-refractivity contribution < 1.29 is 27.8 Å². The van der Waals surface area contributed by atoms with Crippen LogP contribution in [0, 0.1) is 0 Å². The summed E-state index contributed by atoms with van der Waals surface area (Å²) in [7, 11) is 0. The van der Waals surface area contributed by atoms with Crippen molar-refractivity contribution in [2.45, 2.75) is 38.1 Å². The Bertz CT molecular complexity index is 440. The number of rotatable bonds is 5. The van der Waals surface area contributed by atoms with Crippen LogP contribution in [-0.2, 0) is 17.5 Å². The zero-order valence-electron chi connectivity index (χ0n) is 10.9. The molecule has 3 nitrogen and oxygen atoms in total. The van der Waals surface area contributed by atoms with Crippen molar-refractivity contribution in [3.8, 4) is 5.75 Å². The van der Waals surface area contributed by atoms with Gasteiger partial charge in [-0.3, -0.25) is 0 Å². The highest BCUT2D eigenvalue weighted by molar-refractivity contribution is 5.39. The van der Waals surface area contributed by atoms with E-state index >= 15 is 0 Å². The second kappa shape index (κ2) is 6.45. The molecule has 1 aromatic carbocycles. The second-order valence-electron chi connectivity index (χ2n) is 4.76. The van der Waals surface area contributed by atoms with Crippen molar-refractivity contribution in [3.63, 3.8) is 0 Å². The molecule has 1 fully saturated rings. The molecule has 2 rings (SSSR count). The topological polar surface area (TPSA) is 38.7 Å². The van der Waals surface area contributed by atoms with Crippen LogP contribution in [0.25, 0.3) is 0 Å². The normalized spacial score (nSPS) is 19.3. The summed E-state index contributed by atoms with van der Waals surface area (Å²) < 4.78 is 49.4. The van der Waals surface area contributed by atoms with E-state index in [0.717, 1.165) is 18.9 Å². The number of benzene rings is 1. The van der Waals surface area contributed by atoms with E-state index < -0.39 is 18.3 Å². The lowest BCUT2D eigenvalue weighted by Crippen LogP contribution is -2.14. The van der Waals surface area contributed by atoms with Crippen molar-refractivity contribution in [1.29, 1.82) is 0 Å². The van der Waals surface area contributed by atoms with E-state index in [2.05, 4.69) is 0 Å². The molecule has 1 aliphatic heterocycles. The van der Waals surface area contributed by atoms with E-state index in [1.54, 1.807) is 0 Å². The Hall–Kier alpha value is -1.27. The molecule has 0 aliphatic carbocycles. The highest BCUT2D eigenvalue weighted by Crippen LogP contribution is 2.37. The number of ether oxygens (including phenoxy) is 2. The third-order valence-corrected chi connectivity index (χ3v) is 3.25. The molecule has 1 atom stereocenters. The summed E-state index contributed by atoms with van der Waals surface area (Å²) in [5.41, 5.74) is -0.639. The number of halogens is 3. The van der Waals surface area contributed by atoms with Crippen LogP contribution in [0.1, 0.15) is 30.4 Å². The number of alkyl halides is 3. The summed E-state index contributed by atoms with van der Waals surface area (Å²) >= 11 is 0. The monoisotopic (exact) mass is 290 g/mol. The van der Waals surface area contributed by atoms with Gasteiger partial charge in [-0.05, 0) is 30.5 Å². The maximum Gasteiger partial charge on any atom is 0.419 e. The summed E-state index contributed by atoms with van der Waals surface area (Å²) in [6.45, 7) is 0.467. The minimum atomic E-state index is -4.50. The van der Waals surface area contributed by atoms with Gasteiger partial charge in [0, 0.05) is 13.0 Å². The Labute approximate surface area is 115 Å². The number of aliphatic hydroxyl groups excluding tert-OH is 1. The number of hydrogen-bond acceptors (Lipinski definition) is 3. The Morgan fingerprint density at radius 2 is 2.15 bits per heavy atom. The molecule has 0 amide bonds. The van der Waals surface area contributed by atoms with Gasteiger partial charge in [0.25, 0.3) is 0 Å². The van der Waals surface area contributed by atoms with Crippen LogP contribution in [0.4, 0.5) is 13.2 Å². The predicted octanol–water partition coefficient (Wildman–Crippen LogP) is 3.15. The fraction of sp³-hybridized carbons (Fsp3) is 0.571. The van der Waals surface area contributed by atoms with Gasteiger partial charge in [-0.25, -0.2) is 0 Å². The molecule has 0 spiro atoms. The van der Waals surface area contributed by atoms with Gasteiger partial charge in [0.1, 0.15) is 5.75 Å². The average Bonchev–Trinajstić information content (AvgIpc) is 2.91. The minimum Gasteiger partial charge on any atom is -0.493 e. The van der Waals surface area contributed by atoms with Gasteiger partial charge in [-0.15, -0.1) is 0 Å². The molecule has 1 aromatic rings. The van der Waals surface area contributed by atoms with Gasteiger partial charge in [0.05, 0.1) is 24.9 Å². The molecule has 6 heteroatoms. The van der Waals surface area contributed by atoms with Crippen LogP contribution in [0.15, 0.2) is 18.2 Å². The van der Waals surface area contributed by atoms with Crippen molar-refractivity contribution in [3.05, 3.63) is 29.3 Å². The molecule has 0 saturated carbocycles. The fourth-order valence-corrected chi connectivity index (χ4v) is 2.20. The molecule has 20 heavy (non-hydrogen) atoms. The van der Waals surface area contributed by atoms with E-state index in [4.69, 9.17) is 14.6 Å². The molecule has 0 aromatic heterocycles. The molecule has 1 N–H and O–H groups in total. The number of hydrogen-bond donors (Lipinski definition) is 1. The first-order chi connectivity index (χ1) is 9.50. The van der Waals surface area contributed by atoms with Crippen molar-refractivity contribution >= 4 is 0 Å². The summed E-state index contributed by atoms with van der Waals surface area (Å²) in [6.07, 6.45) is -1.91. The zero-order valence-corrected chi connectivity index (χ0v) is 10.9. The van der Waals surface area contributed by atoms with E-state index in [9.17, 15) is 13.2 Å². The zero-order chi connectivity index (χ0) is 14.6. The Kier molecular flexibility index (Phi) is 4.88. The first-order valence-corrected chi connectivity index (χ1v) is 6.56. The van der Waals surface area contributed by atoms with E-state index in [1.807, 2.05) is 0 Å². The maximum absolute atomic E-state index is 12.9. The Balaban J connectivity index is 2.02. The quantitative estimate of drug-likeness (QED) is 0.905. The van der Waals surface area contributed by atoms with Crippen LogP contribution in [-0.4, -0.2) is 24.4 Å². The van der Waals surface area contributed by atoms with E-state index in [-0.39, 0.29) is 24.0 Å². The van der Waals surface area contributed by atoms with Crippen molar-refractivity contribution in [2.75, 3.05) is 13.2 Å². The van der Waals surface area contributed by atoms with E-state index in [0.29, 0.717) is 13.0 Å². The van der Waals surface area contributed by atoms with Crippen LogP contribution in [0.5, 0.6) is 5.75 Å². The van der Waals surface area contributed by atoms with Crippen molar-refractivity contribution in [1.82, 2.24) is 0 Å². The first-order valence-electron chi connectivity index (χ1n) is 6.56. The fourth-order valence-electron chi connectivity index (χ4n) is 2.20. The van der Waals surface area contributed by atoms with Gasteiger partial charge >= 0.3 is 6.18 Å². The van der Waals surface area contributed by atoms with E-state index in [1.165, 1.54) is 12.1 Å². The molecular formula is C14H17F3O3. The maximum atomic E-state index is 12.9. The lowest BCUT2D eigenvalue weighted by molar-refractivity contribution is -0.139. The molecule has 0 radical (unpaired) electrons. The van der Waals surface area contributed by atoms with Crippen molar-refractivity contribution in [2.24, 2.45) is 0 Å². The average molecular weight is 290 g/mol. The lowest BCUT2D eigenvalue weighted by Gasteiger charge is -2.16. The third kappa shape index (κ3) is 3.86. The summed E-state index contributed by atoms with van der Waals surface area (Å²) in [4.78, 5) is 0. The summed E-state index contributed by atoms with van der Waals surface area (Å²) in [5, 5.41) is 8.91. The van der Waals surface area contributed by atoms with Crippen LogP contribution < -0.4 is 4.74 Å². The summed E-state index contributed by atoms with van der Waals surface area (Å²) in [6, 6.07) is 3.60. The molecule has 1 aliphatic rings. The minimum absolute atomic E-state index is 0.0843. The first kappa shape index (κ1) is 15.1. The van der Waals surface area contributed by atoms with Gasteiger partial charge in [0.2, 0.25) is 0 Å². The highest BCUT2D eigenvalue weighted by atomic mass is 19.4. The molecule has 1 heterocycles. The molecule has 112 valence electrons.